The molecule has 2 aromatic rings. The molecule has 0 aliphatic heterocycles. The van der Waals surface area contributed by atoms with Crippen molar-refractivity contribution >= 4 is 5.82 Å². The standard InChI is InChI=1S/C16H21N3/c1-4-10-17-15-11-14(13-8-6-5-7-9-13)18-16(19-15)12(2)3/h5-9,11-12H,4,10H2,1-3H3,(H,17,18,19). The highest BCUT2D eigenvalue weighted by Gasteiger charge is 2.09. The van der Waals surface area contributed by atoms with Gasteiger partial charge in [0.15, 0.2) is 0 Å². The summed E-state index contributed by atoms with van der Waals surface area (Å²) in [4.78, 5) is 9.23. The quantitative estimate of drug-likeness (QED) is 0.874. The number of rotatable bonds is 5. The average molecular weight is 255 g/mol. The second-order valence-corrected chi connectivity index (χ2v) is 4.94. The van der Waals surface area contributed by atoms with Gasteiger partial charge in [0, 0.05) is 24.1 Å². The Morgan fingerprint density at radius 3 is 2.47 bits per heavy atom. The molecule has 1 heterocycles. The highest BCUT2D eigenvalue weighted by Crippen LogP contribution is 2.22. The topological polar surface area (TPSA) is 37.8 Å². The maximum Gasteiger partial charge on any atom is 0.133 e. The van der Waals surface area contributed by atoms with Crippen molar-refractivity contribution in [3.63, 3.8) is 0 Å². The van der Waals surface area contributed by atoms with Crippen LogP contribution in [-0.2, 0) is 0 Å². The van der Waals surface area contributed by atoms with E-state index in [0.29, 0.717) is 5.92 Å². The lowest BCUT2D eigenvalue weighted by Gasteiger charge is -2.11. The Morgan fingerprint density at radius 2 is 1.84 bits per heavy atom. The molecular formula is C16H21N3. The summed E-state index contributed by atoms with van der Waals surface area (Å²) in [5, 5.41) is 3.35. The summed E-state index contributed by atoms with van der Waals surface area (Å²) in [5.74, 6) is 2.13. The highest BCUT2D eigenvalue weighted by atomic mass is 15.0. The molecule has 1 N–H and O–H groups in total. The fourth-order valence-electron chi connectivity index (χ4n) is 1.82. The van der Waals surface area contributed by atoms with E-state index in [4.69, 9.17) is 0 Å². The Hall–Kier alpha value is -1.90. The zero-order valence-electron chi connectivity index (χ0n) is 11.9. The van der Waals surface area contributed by atoms with Crippen LogP contribution in [-0.4, -0.2) is 16.5 Å². The summed E-state index contributed by atoms with van der Waals surface area (Å²) in [6, 6.07) is 12.3. The van der Waals surface area contributed by atoms with Crippen molar-refractivity contribution in [1.82, 2.24) is 9.97 Å². The molecule has 100 valence electrons. The molecule has 0 saturated heterocycles. The smallest absolute Gasteiger partial charge is 0.133 e. The normalized spacial score (nSPS) is 10.7. The molecule has 0 bridgehead atoms. The largest absolute Gasteiger partial charge is 0.370 e. The predicted octanol–water partition coefficient (Wildman–Crippen LogP) is 4.09. The van der Waals surface area contributed by atoms with Gasteiger partial charge in [-0.3, -0.25) is 0 Å². The van der Waals surface area contributed by atoms with E-state index in [9.17, 15) is 0 Å². The number of hydrogen-bond acceptors (Lipinski definition) is 3. The Balaban J connectivity index is 2.39. The number of aromatic nitrogens is 2. The second-order valence-electron chi connectivity index (χ2n) is 4.94. The molecule has 1 aromatic carbocycles. The Kier molecular flexibility index (Phi) is 4.50. The number of nitrogens with one attached hydrogen (secondary N) is 1. The van der Waals surface area contributed by atoms with Gasteiger partial charge in [0.1, 0.15) is 11.6 Å². The van der Waals surface area contributed by atoms with Crippen molar-refractivity contribution in [2.24, 2.45) is 0 Å². The molecule has 0 atom stereocenters. The maximum atomic E-state index is 4.66. The maximum absolute atomic E-state index is 4.66. The van der Waals surface area contributed by atoms with Crippen LogP contribution >= 0.6 is 0 Å². The zero-order valence-corrected chi connectivity index (χ0v) is 11.9. The minimum Gasteiger partial charge on any atom is -0.370 e. The molecule has 0 spiro atoms. The Morgan fingerprint density at radius 1 is 1.11 bits per heavy atom. The summed E-state index contributed by atoms with van der Waals surface area (Å²) in [6.07, 6.45) is 1.09. The first-order valence-corrected chi connectivity index (χ1v) is 6.89. The van der Waals surface area contributed by atoms with Gasteiger partial charge in [0.05, 0.1) is 5.69 Å². The third-order valence-corrected chi connectivity index (χ3v) is 2.89. The molecule has 3 nitrogen and oxygen atoms in total. The number of benzene rings is 1. The molecule has 3 heteroatoms. The van der Waals surface area contributed by atoms with Crippen molar-refractivity contribution in [1.29, 1.82) is 0 Å². The van der Waals surface area contributed by atoms with Crippen LogP contribution in [0.4, 0.5) is 5.82 Å². The van der Waals surface area contributed by atoms with Gasteiger partial charge in [-0.2, -0.15) is 0 Å². The van der Waals surface area contributed by atoms with Crippen molar-refractivity contribution in [2.75, 3.05) is 11.9 Å². The Bertz CT molecular complexity index is 521. The highest BCUT2D eigenvalue weighted by molar-refractivity contribution is 5.62. The molecule has 0 aliphatic carbocycles. The molecule has 0 fully saturated rings. The summed E-state index contributed by atoms with van der Waals surface area (Å²) >= 11 is 0. The van der Waals surface area contributed by atoms with E-state index in [-0.39, 0.29) is 0 Å². The van der Waals surface area contributed by atoms with Crippen LogP contribution in [0.5, 0.6) is 0 Å². The van der Waals surface area contributed by atoms with Gasteiger partial charge in [0.25, 0.3) is 0 Å². The van der Waals surface area contributed by atoms with Gasteiger partial charge < -0.3 is 5.32 Å². The number of nitrogens with zero attached hydrogens (tertiary/aromatic N) is 2. The van der Waals surface area contributed by atoms with E-state index >= 15 is 0 Å². The van der Waals surface area contributed by atoms with Crippen LogP contribution in [0.3, 0.4) is 0 Å². The minimum absolute atomic E-state index is 0.325. The van der Waals surface area contributed by atoms with Gasteiger partial charge in [-0.1, -0.05) is 51.1 Å². The van der Waals surface area contributed by atoms with Crippen LogP contribution in [0, 0.1) is 0 Å². The summed E-state index contributed by atoms with van der Waals surface area (Å²) in [7, 11) is 0. The predicted molar refractivity (Wildman–Crippen MR) is 80.3 cm³/mol. The van der Waals surface area contributed by atoms with Crippen molar-refractivity contribution in [3.8, 4) is 11.3 Å². The van der Waals surface area contributed by atoms with E-state index in [2.05, 4.69) is 48.2 Å². The van der Waals surface area contributed by atoms with Crippen LogP contribution < -0.4 is 5.32 Å². The lowest BCUT2D eigenvalue weighted by atomic mass is 10.1. The van der Waals surface area contributed by atoms with Crippen LogP contribution in [0.25, 0.3) is 11.3 Å². The van der Waals surface area contributed by atoms with E-state index in [1.165, 1.54) is 0 Å². The van der Waals surface area contributed by atoms with Gasteiger partial charge in [-0.05, 0) is 6.42 Å². The SMILES string of the molecule is CCCNc1cc(-c2ccccc2)nc(C(C)C)n1. The van der Waals surface area contributed by atoms with Crippen molar-refractivity contribution in [3.05, 3.63) is 42.2 Å². The molecule has 19 heavy (non-hydrogen) atoms. The van der Waals surface area contributed by atoms with Gasteiger partial charge in [-0.15, -0.1) is 0 Å². The van der Waals surface area contributed by atoms with Crippen LogP contribution in [0.15, 0.2) is 36.4 Å². The van der Waals surface area contributed by atoms with Gasteiger partial charge in [0.2, 0.25) is 0 Å². The van der Waals surface area contributed by atoms with E-state index < -0.39 is 0 Å². The molecule has 0 aliphatic rings. The summed E-state index contributed by atoms with van der Waals surface area (Å²) in [5.41, 5.74) is 2.12. The van der Waals surface area contributed by atoms with Gasteiger partial charge >= 0.3 is 0 Å². The van der Waals surface area contributed by atoms with Crippen molar-refractivity contribution in [2.45, 2.75) is 33.1 Å². The molecule has 0 radical (unpaired) electrons. The molecule has 0 unspecified atom stereocenters. The third kappa shape index (κ3) is 3.53. The van der Waals surface area contributed by atoms with Gasteiger partial charge in [-0.25, -0.2) is 9.97 Å². The second kappa shape index (κ2) is 6.32. The summed E-state index contributed by atoms with van der Waals surface area (Å²) in [6.45, 7) is 7.32. The lowest BCUT2D eigenvalue weighted by molar-refractivity contribution is 0.775. The number of hydrogen-bond donors (Lipinski definition) is 1. The first-order valence-electron chi connectivity index (χ1n) is 6.89. The monoisotopic (exact) mass is 255 g/mol. The molecule has 2 rings (SSSR count). The molecular weight excluding hydrogens is 234 g/mol. The average Bonchev–Trinajstić information content (AvgIpc) is 2.45. The Labute approximate surface area is 115 Å². The van der Waals surface area contributed by atoms with E-state index in [1.807, 2.05) is 24.3 Å². The molecule has 0 saturated carbocycles. The number of anilines is 1. The molecule has 1 aromatic heterocycles. The fraction of sp³-hybridized carbons (Fsp3) is 0.375. The molecule has 0 amide bonds. The van der Waals surface area contributed by atoms with Crippen LogP contribution in [0.2, 0.25) is 0 Å². The fourth-order valence-corrected chi connectivity index (χ4v) is 1.82. The van der Waals surface area contributed by atoms with Crippen molar-refractivity contribution < 1.29 is 0 Å². The van der Waals surface area contributed by atoms with E-state index in [1.54, 1.807) is 0 Å². The van der Waals surface area contributed by atoms with Crippen LogP contribution in [0.1, 0.15) is 38.9 Å². The first kappa shape index (κ1) is 13.5. The third-order valence-electron chi connectivity index (χ3n) is 2.89. The summed E-state index contributed by atoms with van der Waals surface area (Å²) < 4.78 is 0. The minimum atomic E-state index is 0.325. The van der Waals surface area contributed by atoms with E-state index in [0.717, 1.165) is 35.9 Å². The zero-order chi connectivity index (χ0) is 13.7. The first-order chi connectivity index (χ1) is 9.20. The lowest BCUT2D eigenvalue weighted by Crippen LogP contribution is -2.07.